The molecule has 14 heavy (non-hydrogen) atoms. The Hall–Kier alpha value is -0.260. The van der Waals surface area contributed by atoms with Crippen molar-refractivity contribution in [3.63, 3.8) is 0 Å². The number of rotatable bonds is 5. The zero-order valence-corrected chi connectivity index (χ0v) is 8.48. The van der Waals surface area contributed by atoms with E-state index in [4.69, 9.17) is 4.74 Å². The van der Waals surface area contributed by atoms with Crippen LogP contribution in [0.2, 0.25) is 0 Å². The van der Waals surface area contributed by atoms with Crippen LogP contribution in [0.4, 0.5) is 8.78 Å². The van der Waals surface area contributed by atoms with Gasteiger partial charge < -0.3 is 15.4 Å². The predicted octanol–water partition coefficient (Wildman–Crippen LogP) is 0.610. The van der Waals surface area contributed by atoms with Crippen LogP contribution in [-0.2, 0) is 4.74 Å². The van der Waals surface area contributed by atoms with E-state index in [2.05, 4.69) is 10.6 Å². The molecular formula is C9H18F2N2O. The molecule has 0 amide bonds. The van der Waals surface area contributed by atoms with E-state index < -0.39 is 6.43 Å². The van der Waals surface area contributed by atoms with Crippen LogP contribution in [0.25, 0.3) is 0 Å². The van der Waals surface area contributed by atoms with Gasteiger partial charge in [0.15, 0.2) is 0 Å². The lowest BCUT2D eigenvalue weighted by Crippen LogP contribution is -2.49. The first kappa shape index (κ1) is 11.8. The minimum atomic E-state index is -2.27. The summed E-state index contributed by atoms with van der Waals surface area (Å²) in [4.78, 5) is 0. The van der Waals surface area contributed by atoms with E-state index in [1.165, 1.54) is 0 Å². The fourth-order valence-corrected chi connectivity index (χ4v) is 1.50. The van der Waals surface area contributed by atoms with Gasteiger partial charge in [-0.25, -0.2) is 8.78 Å². The molecule has 0 saturated carbocycles. The minimum Gasteiger partial charge on any atom is -0.373 e. The predicted molar refractivity (Wildman–Crippen MR) is 50.7 cm³/mol. The van der Waals surface area contributed by atoms with Gasteiger partial charge in [0.2, 0.25) is 0 Å². The summed E-state index contributed by atoms with van der Waals surface area (Å²) in [6.45, 7) is 4.71. The summed E-state index contributed by atoms with van der Waals surface area (Å²) in [6, 6.07) is 0. The van der Waals surface area contributed by atoms with Crippen molar-refractivity contribution in [1.29, 1.82) is 0 Å². The van der Waals surface area contributed by atoms with E-state index in [9.17, 15) is 8.78 Å². The maximum absolute atomic E-state index is 11.8. The van der Waals surface area contributed by atoms with Gasteiger partial charge in [-0.05, 0) is 19.9 Å². The zero-order valence-electron chi connectivity index (χ0n) is 8.48. The number of nitrogens with one attached hydrogen (secondary N) is 2. The molecule has 0 aromatic rings. The molecule has 5 heteroatoms. The van der Waals surface area contributed by atoms with E-state index in [1.54, 1.807) is 0 Å². The molecule has 1 aliphatic heterocycles. The van der Waals surface area contributed by atoms with Crippen LogP contribution >= 0.6 is 0 Å². The van der Waals surface area contributed by atoms with E-state index in [0.717, 1.165) is 19.5 Å². The molecule has 1 saturated heterocycles. The fourth-order valence-electron chi connectivity index (χ4n) is 1.50. The van der Waals surface area contributed by atoms with Gasteiger partial charge in [-0.15, -0.1) is 0 Å². The molecule has 0 bridgehead atoms. The van der Waals surface area contributed by atoms with Crippen molar-refractivity contribution in [1.82, 2.24) is 10.6 Å². The van der Waals surface area contributed by atoms with Gasteiger partial charge in [0.1, 0.15) is 0 Å². The molecule has 1 aliphatic rings. The average Bonchev–Trinajstić information content (AvgIpc) is 2.14. The van der Waals surface area contributed by atoms with Crippen molar-refractivity contribution < 1.29 is 13.5 Å². The Labute approximate surface area is 83.2 Å². The Kier molecular flexibility index (Phi) is 4.71. The van der Waals surface area contributed by atoms with Crippen LogP contribution in [-0.4, -0.2) is 44.8 Å². The van der Waals surface area contributed by atoms with Gasteiger partial charge in [-0.2, -0.15) is 0 Å². The molecule has 1 atom stereocenters. The van der Waals surface area contributed by atoms with Gasteiger partial charge in [-0.1, -0.05) is 0 Å². The highest BCUT2D eigenvalue weighted by Gasteiger charge is 2.26. The van der Waals surface area contributed by atoms with Crippen LogP contribution in [0.3, 0.4) is 0 Å². The second-order valence-electron chi connectivity index (χ2n) is 3.82. The smallest absolute Gasteiger partial charge is 0.250 e. The lowest BCUT2D eigenvalue weighted by atomic mass is 10.0. The van der Waals surface area contributed by atoms with Crippen LogP contribution < -0.4 is 10.6 Å². The second-order valence-corrected chi connectivity index (χ2v) is 3.82. The minimum absolute atomic E-state index is 0.201. The lowest BCUT2D eigenvalue weighted by Gasteiger charge is -2.34. The standard InChI is InChI=1S/C9H18F2N2O/c1-9(7-13-4-5-14-9)2-3-12-6-8(10)11/h8,12-13H,2-7H2,1H3. The molecule has 0 aromatic heterocycles. The summed E-state index contributed by atoms with van der Waals surface area (Å²) in [7, 11) is 0. The maximum atomic E-state index is 11.8. The van der Waals surface area contributed by atoms with Crippen molar-refractivity contribution in [3.05, 3.63) is 0 Å². The Morgan fingerprint density at radius 1 is 1.57 bits per heavy atom. The number of hydrogen-bond acceptors (Lipinski definition) is 3. The summed E-state index contributed by atoms with van der Waals surface area (Å²) < 4.78 is 29.2. The molecule has 0 aromatic carbocycles. The molecule has 0 spiro atoms. The summed E-state index contributed by atoms with van der Waals surface area (Å²) in [5, 5.41) is 5.92. The molecule has 0 aliphatic carbocycles. The Morgan fingerprint density at radius 2 is 2.36 bits per heavy atom. The van der Waals surface area contributed by atoms with Crippen LogP contribution in [0, 0.1) is 0 Å². The molecule has 1 unspecified atom stereocenters. The Morgan fingerprint density at radius 3 is 2.93 bits per heavy atom. The van der Waals surface area contributed by atoms with Gasteiger partial charge in [0.05, 0.1) is 18.8 Å². The zero-order chi connectivity index (χ0) is 10.4. The first-order valence-electron chi connectivity index (χ1n) is 4.96. The van der Waals surface area contributed by atoms with Crippen molar-refractivity contribution in [3.8, 4) is 0 Å². The van der Waals surface area contributed by atoms with Crippen LogP contribution in [0.5, 0.6) is 0 Å². The van der Waals surface area contributed by atoms with E-state index in [1.807, 2.05) is 6.92 Å². The Balaban J connectivity index is 2.09. The first-order valence-corrected chi connectivity index (χ1v) is 4.96. The van der Waals surface area contributed by atoms with Gasteiger partial charge in [-0.3, -0.25) is 0 Å². The number of ether oxygens (including phenoxy) is 1. The largest absolute Gasteiger partial charge is 0.373 e. The quantitative estimate of drug-likeness (QED) is 0.649. The monoisotopic (exact) mass is 208 g/mol. The molecule has 0 radical (unpaired) electrons. The van der Waals surface area contributed by atoms with Gasteiger partial charge in [0.25, 0.3) is 6.43 Å². The maximum Gasteiger partial charge on any atom is 0.250 e. The highest BCUT2D eigenvalue weighted by Crippen LogP contribution is 2.15. The van der Waals surface area contributed by atoms with Crippen molar-refractivity contribution in [2.24, 2.45) is 0 Å². The highest BCUT2D eigenvalue weighted by molar-refractivity contribution is 4.82. The fraction of sp³-hybridized carbons (Fsp3) is 1.00. The van der Waals surface area contributed by atoms with Crippen molar-refractivity contribution >= 4 is 0 Å². The van der Waals surface area contributed by atoms with Crippen molar-refractivity contribution in [2.75, 3.05) is 32.8 Å². The number of alkyl halides is 2. The topological polar surface area (TPSA) is 33.3 Å². The summed E-state index contributed by atoms with van der Waals surface area (Å²) in [5.41, 5.74) is -0.201. The Bertz CT molecular complexity index is 161. The third-order valence-electron chi connectivity index (χ3n) is 2.36. The first-order chi connectivity index (χ1) is 6.62. The molecule has 1 fully saturated rings. The van der Waals surface area contributed by atoms with E-state index in [0.29, 0.717) is 13.2 Å². The normalized spacial score (nSPS) is 28.3. The molecule has 84 valence electrons. The SMILES string of the molecule is CC1(CCNCC(F)F)CNCCO1. The number of hydrogen-bond donors (Lipinski definition) is 2. The van der Waals surface area contributed by atoms with E-state index >= 15 is 0 Å². The van der Waals surface area contributed by atoms with Gasteiger partial charge in [0, 0.05) is 13.1 Å². The van der Waals surface area contributed by atoms with Crippen molar-refractivity contribution in [2.45, 2.75) is 25.4 Å². The molecule has 1 heterocycles. The summed E-state index contributed by atoms with van der Waals surface area (Å²) in [5.74, 6) is 0. The third kappa shape index (κ3) is 4.30. The highest BCUT2D eigenvalue weighted by atomic mass is 19.3. The van der Waals surface area contributed by atoms with Crippen LogP contribution in [0.1, 0.15) is 13.3 Å². The van der Waals surface area contributed by atoms with E-state index in [-0.39, 0.29) is 12.1 Å². The average molecular weight is 208 g/mol. The molecule has 2 N–H and O–H groups in total. The third-order valence-corrected chi connectivity index (χ3v) is 2.36. The number of morpholine rings is 1. The number of halogens is 2. The summed E-state index contributed by atoms with van der Waals surface area (Å²) in [6.07, 6.45) is -1.51. The van der Waals surface area contributed by atoms with Gasteiger partial charge >= 0.3 is 0 Å². The lowest BCUT2D eigenvalue weighted by molar-refractivity contribution is -0.0573. The molecular weight excluding hydrogens is 190 g/mol. The van der Waals surface area contributed by atoms with Crippen LogP contribution in [0.15, 0.2) is 0 Å². The molecule has 1 rings (SSSR count). The molecule has 3 nitrogen and oxygen atoms in total. The summed E-state index contributed by atoms with van der Waals surface area (Å²) >= 11 is 0. The second kappa shape index (κ2) is 5.58.